The van der Waals surface area contributed by atoms with E-state index in [9.17, 15) is 19.6 Å². The standard InChI is InChI=1S/C26H22N2O6/c1-3-32-25(30)18-7-5-17(6-8-18)23-14-13-22(34-23)15-20(16-27)24(29)28-21-11-9-19(10-12-21)26(31)33-4-2/h5-15H,3-4H2,1-2H3,(H,28,29)/b20-15-. The van der Waals surface area contributed by atoms with E-state index in [1.807, 2.05) is 6.07 Å². The van der Waals surface area contributed by atoms with Crippen LogP contribution in [0.4, 0.5) is 5.69 Å². The molecule has 0 bridgehead atoms. The summed E-state index contributed by atoms with van der Waals surface area (Å²) in [6, 6.07) is 18.0. The summed E-state index contributed by atoms with van der Waals surface area (Å²) in [4.78, 5) is 36.0. The molecule has 1 aromatic heterocycles. The van der Waals surface area contributed by atoms with Crippen LogP contribution in [0.2, 0.25) is 0 Å². The number of carbonyl (C=O) groups is 3. The van der Waals surface area contributed by atoms with Crippen LogP contribution < -0.4 is 5.32 Å². The first-order valence-corrected chi connectivity index (χ1v) is 10.5. The summed E-state index contributed by atoms with van der Waals surface area (Å²) in [5.74, 6) is -0.662. The molecule has 3 rings (SSSR count). The second kappa shape index (κ2) is 11.3. The normalized spacial score (nSPS) is 10.8. The van der Waals surface area contributed by atoms with E-state index in [4.69, 9.17) is 13.9 Å². The third kappa shape index (κ3) is 5.99. The molecular weight excluding hydrogens is 436 g/mol. The third-order valence-corrected chi connectivity index (χ3v) is 4.61. The highest BCUT2D eigenvalue weighted by atomic mass is 16.5. The first-order valence-electron chi connectivity index (χ1n) is 10.5. The molecule has 0 spiro atoms. The van der Waals surface area contributed by atoms with Gasteiger partial charge in [0.2, 0.25) is 0 Å². The average molecular weight is 458 g/mol. The maximum atomic E-state index is 12.5. The molecule has 0 aliphatic heterocycles. The molecule has 0 saturated carbocycles. The molecular formula is C26H22N2O6. The van der Waals surface area contributed by atoms with Crippen molar-refractivity contribution in [1.82, 2.24) is 0 Å². The summed E-state index contributed by atoms with van der Waals surface area (Å²) >= 11 is 0. The van der Waals surface area contributed by atoms with Crippen LogP contribution in [-0.2, 0) is 14.3 Å². The summed E-state index contributed by atoms with van der Waals surface area (Å²) in [5, 5.41) is 12.0. The van der Waals surface area contributed by atoms with Crippen molar-refractivity contribution in [3.05, 3.63) is 83.1 Å². The zero-order valence-corrected chi connectivity index (χ0v) is 18.7. The molecule has 0 unspecified atom stereocenters. The summed E-state index contributed by atoms with van der Waals surface area (Å²) in [6.07, 6.45) is 1.33. The lowest BCUT2D eigenvalue weighted by atomic mass is 10.1. The van der Waals surface area contributed by atoms with Crippen molar-refractivity contribution >= 4 is 29.6 Å². The average Bonchev–Trinajstić information content (AvgIpc) is 3.32. The van der Waals surface area contributed by atoms with E-state index in [1.54, 1.807) is 62.4 Å². The van der Waals surface area contributed by atoms with Crippen LogP contribution >= 0.6 is 0 Å². The van der Waals surface area contributed by atoms with Crippen molar-refractivity contribution in [3.63, 3.8) is 0 Å². The minimum atomic E-state index is -0.622. The van der Waals surface area contributed by atoms with Gasteiger partial charge in [-0.25, -0.2) is 9.59 Å². The van der Waals surface area contributed by atoms with E-state index in [1.165, 1.54) is 18.2 Å². The molecule has 8 heteroatoms. The minimum absolute atomic E-state index is 0.159. The Labute approximate surface area is 196 Å². The van der Waals surface area contributed by atoms with Gasteiger partial charge in [-0.15, -0.1) is 0 Å². The first-order chi connectivity index (χ1) is 16.4. The molecule has 3 aromatic rings. The van der Waals surface area contributed by atoms with Crippen molar-refractivity contribution in [2.45, 2.75) is 13.8 Å². The molecule has 1 amide bonds. The van der Waals surface area contributed by atoms with Gasteiger partial charge in [0, 0.05) is 17.3 Å². The van der Waals surface area contributed by atoms with E-state index in [0.29, 0.717) is 34.9 Å². The minimum Gasteiger partial charge on any atom is -0.462 e. The maximum Gasteiger partial charge on any atom is 0.338 e. The number of hydrogen-bond donors (Lipinski definition) is 1. The number of esters is 2. The van der Waals surface area contributed by atoms with Gasteiger partial charge in [-0.05, 0) is 62.4 Å². The second-order valence-corrected chi connectivity index (χ2v) is 6.92. The van der Waals surface area contributed by atoms with Crippen molar-refractivity contribution in [2.75, 3.05) is 18.5 Å². The summed E-state index contributed by atoms with van der Waals surface area (Å²) in [6.45, 7) is 4.01. The van der Waals surface area contributed by atoms with Crippen molar-refractivity contribution in [2.24, 2.45) is 0 Å². The monoisotopic (exact) mass is 458 g/mol. The number of nitrogens with one attached hydrogen (secondary N) is 1. The van der Waals surface area contributed by atoms with Gasteiger partial charge in [-0.2, -0.15) is 5.26 Å². The topological polar surface area (TPSA) is 119 Å². The Morgan fingerprint density at radius 1 is 0.882 bits per heavy atom. The largest absolute Gasteiger partial charge is 0.462 e. The lowest BCUT2D eigenvalue weighted by Crippen LogP contribution is -2.13. The van der Waals surface area contributed by atoms with Crippen LogP contribution in [0.1, 0.15) is 40.3 Å². The Hall–Kier alpha value is -4.64. The van der Waals surface area contributed by atoms with Crippen LogP contribution in [0, 0.1) is 11.3 Å². The van der Waals surface area contributed by atoms with Crippen molar-refractivity contribution in [3.8, 4) is 17.4 Å². The van der Waals surface area contributed by atoms with Gasteiger partial charge in [-0.3, -0.25) is 4.79 Å². The Morgan fingerprint density at radius 2 is 1.44 bits per heavy atom. The Kier molecular flexibility index (Phi) is 7.97. The number of nitriles is 1. The molecule has 0 fully saturated rings. The molecule has 1 heterocycles. The maximum absolute atomic E-state index is 12.5. The summed E-state index contributed by atoms with van der Waals surface area (Å²) in [7, 11) is 0. The van der Waals surface area contributed by atoms with Gasteiger partial charge in [0.05, 0.1) is 24.3 Å². The molecule has 172 valence electrons. The van der Waals surface area contributed by atoms with Gasteiger partial charge in [0.25, 0.3) is 5.91 Å². The van der Waals surface area contributed by atoms with Crippen LogP contribution in [0.3, 0.4) is 0 Å². The molecule has 8 nitrogen and oxygen atoms in total. The molecule has 0 aliphatic rings. The second-order valence-electron chi connectivity index (χ2n) is 6.92. The smallest absolute Gasteiger partial charge is 0.338 e. The highest BCUT2D eigenvalue weighted by molar-refractivity contribution is 6.09. The molecule has 0 saturated heterocycles. The number of furan rings is 1. The highest BCUT2D eigenvalue weighted by Gasteiger charge is 2.13. The fraction of sp³-hybridized carbons (Fsp3) is 0.154. The number of anilines is 1. The predicted molar refractivity (Wildman–Crippen MR) is 125 cm³/mol. The van der Waals surface area contributed by atoms with E-state index in [-0.39, 0.29) is 12.2 Å². The first kappa shape index (κ1) is 24.0. The van der Waals surface area contributed by atoms with Gasteiger partial charge >= 0.3 is 11.9 Å². The van der Waals surface area contributed by atoms with Crippen molar-refractivity contribution in [1.29, 1.82) is 5.26 Å². The summed E-state index contributed by atoms with van der Waals surface area (Å²) in [5.41, 5.74) is 1.76. The fourth-order valence-electron chi connectivity index (χ4n) is 2.96. The van der Waals surface area contributed by atoms with E-state index < -0.39 is 17.8 Å². The number of hydrogen-bond acceptors (Lipinski definition) is 7. The molecule has 0 atom stereocenters. The highest BCUT2D eigenvalue weighted by Crippen LogP contribution is 2.24. The van der Waals surface area contributed by atoms with Crippen LogP contribution in [0.5, 0.6) is 0 Å². The van der Waals surface area contributed by atoms with Gasteiger partial charge < -0.3 is 19.2 Å². The molecule has 0 radical (unpaired) electrons. The summed E-state index contributed by atoms with van der Waals surface area (Å²) < 4.78 is 15.6. The van der Waals surface area contributed by atoms with Crippen LogP contribution in [0.25, 0.3) is 17.4 Å². The number of benzene rings is 2. The van der Waals surface area contributed by atoms with E-state index >= 15 is 0 Å². The number of rotatable bonds is 8. The number of ether oxygens (including phenoxy) is 2. The zero-order valence-electron chi connectivity index (χ0n) is 18.7. The van der Waals surface area contributed by atoms with Crippen LogP contribution in [-0.4, -0.2) is 31.1 Å². The third-order valence-electron chi connectivity index (χ3n) is 4.61. The lowest BCUT2D eigenvalue weighted by Gasteiger charge is -2.06. The van der Waals surface area contributed by atoms with Gasteiger partial charge in [-0.1, -0.05) is 12.1 Å². The Morgan fingerprint density at radius 3 is 1.97 bits per heavy atom. The predicted octanol–water partition coefficient (Wildman–Crippen LogP) is 4.85. The SMILES string of the molecule is CCOC(=O)c1ccc(NC(=O)/C(C#N)=C\c2ccc(-c3ccc(C(=O)OCC)cc3)o2)cc1. The van der Waals surface area contributed by atoms with E-state index in [2.05, 4.69) is 5.32 Å². The molecule has 2 aromatic carbocycles. The Balaban J connectivity index is 1.70. The van der Waals surface area contributed by atoms with Gasteiger partial charge in [0.15, 0.2) is 0 Å². The van der Waals surface area contributed by atoms with Crippen LogP contribution in [0.15, 0.2) is 70.7 Å². The Bertz CT molecular complexity index is 1250. The van der Waals surface area contributed by atoms with Crippen molar-refractivity contribution < 1.29 is 28.3 Å². The quantitative estimate of drug-likeness (QED) is 0.291. The molecule has 0 aliphatic carbocycles. The van der Waals surface area contributed by atoms with E-state index in [0.717, 1.165) is 5.56 Å². The van der Waals surface area contributed by atoms with Gasteiger partial charge in [0.1, 0.15) is 23.2 Å². The number of nitrogens with zero attached hydrogens (tertiary/aromatic N) is 1. The number of amides is 1. The zero-order chi connectivity index (χ0) is 24.5. The molecule has 34 heavy (non-hydrogen) atoms. The molecule has 1 N–H and O–H groups in total. The lowest BCUT2D eigenvalue weighted by molar-refractivity contribution is -0.112. The number of carbonyl (C=O) groups excluding carboxylic acids is 3. The fourth-order valence-corrected chi connectivity index (χ4v) is 2.96.